The molecule has 3 rings (SSSR count). The third-order valence-corrected chi connectivity index (χ3v) is 5.11. The summed E-state index contributed by atoms with van der Waals surface area (Å²) >= 11 is 18.4. The summed E-state index contributed by atoms with van der Waals surface area (Å²) in [5, 5.41) is 13.5. The van der Waals surface area contributed by atoms with Gasteiger partial charge in [-0.05, 0) is 66.6 Å². The summed E-state index contributed by atoms with van der Waals surface area (Å²) in [6, 6.07) is 19.1. The average molecular weight is 502 g/mol. The van der Waals surface area contributed by atoms with Crippen molar-refractivity contribution in [1.29, 1.82) is 5.26 Å². The number of nitrogens with zero attached hydrogens (tertiary/aromatic N) is 1. The molecule has 1 N–H and O–H groups in total. The molecule has 0 aliphatic carbocycles. The average Bonchev–Trinajstić information content (AvgIpc) is 2.77. The van der Waals surface area contributed by atoms with Gasteiger partial charge in [-0.15, -0.1) is 0 Å². The van der Waals surface area contributed by atoms with Crippen molar-refractivity contribution < 1.29 is 14.3 Å². The summed E-state index contributed by atoms with van der Waals surface area (Å²) in [4.78, 5) is 12.6. The molecule has 168 valence electrons. The molecule has 0 spiro atoms. The van der Waals surface area contributed by atoms with E-state index in [0.717, 1.165) is 5.56 Å². The van der Waals surface area contributed by atoms with E-state index in [1.54, 1.807) is 48.5 Å². The van der Waals surface area contributed by atoms with E-state index in [1.807, 2.05) is 25.1 Å². The van der Waals surface area contributed by atoms with Crippen LogP contribution in [-0.4, -0.2) is 12.5 Å². The van der Waals surface area contributed by atoms with Crippen LogP contribution in [0.5, 0.6) is 11.5 Å². The molecule has 1 amide bonds. The third-order valence-electron chi connectivity index (χ3n) is 4.36. The second-order valence-corrected chi connectivity index (χ2v) is 8.10. The molecule has 33 heavy (non-hydrogen) atoms. The number of hydrogen-bond donors (Lipinski definition) is 1. The number of anilines is 1. The van der Waals surface area contributed by atoms with E-state index in [4.69, 9.17) is 44.3 Å². The lowest BCUT2D eigenvalue weighted by Gasteiger charge is -2.15. The van der Waals surface area contributed by atoms with Crippen LogP contribution >= 0.6 is 34.8 Å². The molecule has 8 heteroatoms. The lowest BCUT2D eigenvalue weighted by molar-refractivity contribution is -0.112. The summed E-state index contributed by atoms with van der Waals surface area (Å²) in [6.07, 6.45) is 1.43. The van der Waals surface area contributed by atoms with Gasteiger partial charge in [-0.3, -0.25) is 4.79 Å². The van der Waals surface area contributed by atoms with Crippen LogP contribution in [-0.2, 0) is 11.4 Å². The molecule has 0 fully saturated rings. The summed E-state index contributed by atoms with van der Waals surface area (Å²) in [5.41, 5.74) is 1.75. The number of amides is 1. The molecule has 0 aliphatic heterocycles. The van der Waals surface area contributed by atoms with Gasteiger partial charge < -0.3 is 14.8 Å². The van der Waals surface area contributed by atoms with Gasteiger partial charge in [0.05, 0.1) is 11.6 Å². The summed E-state index contributed by atoms with van der Waals surface area (Å²) < 4.78 is 11.6. The van der Waals surface area contributed by atoms with Gasteiger partial charge in [-0.2, -0.15) is 5.26 Å². The van der Waals surface area contributed by atoms with Gasteiger partial charge in [0.25, 0.3) is 5.91 Å². The molecule has 0 radical (unpaired) electrons. The first-order valence-electron chi connectivity index (χ1n) is 9.92. The summed E-state index contributed by atoms with van der Waals surface area (Å²) in [6.45, 7) is 2.44. The Labute approximate surface area is 207 Å². The normalized spacial score (nSPS) is 10.9. The number of nitrogens with one attached hydrogen (secondary N) is 1. The smallest absolute Gasteiger partial charge is 0.266 e. The maximum atomic E-state index is 12.6. The molecular weight excluding hydrogens is 483 g/mol. The minimum Gasteiger partial charge on any atom is -0.490 e. The third kappa shape index (κ3) is 6.90. The van der Waals surface area contributed by atoms with E-state index in [-0.39, 0.29) is 17.2 Å². The molecular formula is C25H19Cl3N2O3. The minimum absolute atomic E-state index is 0.110. The number of benzene rings is 3. The zero-order chi connectivity index (χ0) is 23.8. The van der Waals surface area contributed by atoms with Crippen molar-refractivity contribution in [2.45, 2.75) is 13.5 Å². The number of carbonyl (C=O) groups is 1. The van der Waals surface area contributed by atoms with Crippen molar-refractivity contribution in [2.75, 3.05) is 11.9 Å². The van der Waals surface area contributed by atoms with Crippen LogP contribution in [0, 0.1) is 11.3 Å². The highest BCUT2D eigenvalue weighted by Gasteiger charge is 2.15. The predicted molar refractivity (Wildman–Crippen MR) is 132 cm³/mol. The highest BCUT2D eigenvalue weighted by molar-refractivity contribution is 6.32. The Hall–Kier alpha value is -3.17. The Balaban J connectivity index is 1.85. The molecule has 5 nitrogen and oxygen atoms in total. The van der Waals surface area contributed by atoms with Crippen LogP contribution in [0.1, 0.15) is 18.1 Å². The van der Waals surface area contributed by atoms with Gasteiger partial charge in [0.1, 0.15) is 18.2 Å². The van der Waals surface area contributed by atoms with Crippen LogP contribution in [0.3, 0.4) is 0 Å². The van der Waals surface area contributed by atoms with Gasteiger partial charge in [-0.25, -0.2) is 0 Å². The molecule has 0 atom stereocenters. The van der Waals surface area contributed by atoms with Gasteiger partial charge >= 0.3 is 0 Å². The Morgan fingerprint density at radius 3 is 2.42 bits per heavy atom. The Morgan fingerprint density at radius 1 is 1.03 bits per heavy atom. The van der Waals surface area contributed by atoms with E-state index in [0.29, 0.717) is 39.4 Å². The highest BCUT2D eigenvalue weighted by Crippen LogP contribution is 2.38. The van der Waals surface area contributed by atoms with Crippen LogP contribution < -0.4 is 14.8 Å². The fourth-order valence-electron chi connectivity index (χ4n) is 2.94. The predicted octanol–water partition coefficient (Wildman–Crippen LogP) is 7.17. The Bertz CT molecular complexity index is 1240. The van der Waals surface area contributed by atoms with Crippen molar-refractivity contribution in [3.8, 4) is 17.6 Å². The van der Waals surface area contributed by atoms with Crippen molar-refractivity contribution >= 4 is 52.5 Å². The topological polar surface area (TPSA) is 71.3 Å². The molecule has 0 aliphatic rings. The fourth-order valence-corrected chi connectivity index (χ4v) is 3.61. The first kappa shape index (κ1) is 24.5. The van der Waals surface area contributed by atoms with Gasteiger partial charge in [-0.1, -0.05) is 53.0 Å². The van der Waals surface area contributed by atoms with Crippen molar-refractivity contribution in [2.24, 2.45) is 0 Å². The number of rotatable bonds is 8. The summed E-state index contributed by atoms with van der Waals surface area (Å²) in [5.74, 6) is 0.179. The largest absolute Gasteiger partial charge is 0.490 e. The maximum Gasteiger partial charge on any atom is 0.266 e. The molecule has 0 heterocycles. The molecule has 0 unspecified atom stereocenters. The number of nitriles is 1. The van der Waals surface area contributed by atoms with E-state index in [2.05, 4.69) is 5.32 Å². The van der Waals surface area contributed by atoms with Gasteiger partial charge in [0, 0.05) is 15.7 Å². The number of hydrogen-bond acceptors (Lipinski definition) is 4. The minimum atomic E-state index is -0.574. The second-order valence-electron chi connectivity index (χ2n) is 6.82. The van der Waals surface area contributed by atoms with E-state index < -0.39 is 5.91 Å². The van der Waals surface area contributed by atoms with E-state index >= 15 is 0 Å². The fraction of sp³-hybridized carbons (Fsp3) is 0.120. The monoisotopic (exact) mass is 500 g/mol. The second kappa shape index (κ2) is 11.6. The van der Waals surface area contributed by atoms with Crippen molar-refractivity contribution in [1.82, 2.24) is 0 Å². The Morgan fingerprint density at radius 2 is 1.76 bits per heavy atom. The lowest BCUT2D eigenvalue weighted by atomic mass is 10.1. The molecule has 0 saturated heterocycles. The zero-order valence-electron chi connectivity index (χ0n) is 17.6. The molecule has 3 aromatic rings. The zero-order valence-corrected chi connectivity index (χ0v) is 19.8. The van der Waals surface area contributed by atoms with Crippen LogP contribution in [0.15, 0.2) is 66.2 Å². The molecule has 0 saturated carbocycles. The van der Waals surface area contributed by atoms with E-state index in [9.17, 15) is 10.1 Å². The van der Waals surface area contributed by atoms with Crippen LogP contribution in [0.25, 0.3) is 6.08 Å². The van der Waals surface area contributed by atoms with Crippen molar-refractivity contribution in [3.05, 3.63) is 92.4 Å². The van der Waals surface area contributed by atoms with Crippen LogP contribution in [0.2, 0.25) is 15.1 Å². The molecule has 0 bridgehead atoms. The van der Waals surface area contributed by atoms with Crippen molar-refractivity contribution in [3.63, 3.8) is 0 Å². The number of ether oxygens (including phenoxy) is 2. The SMILES string of the molecule is CCOc1cc(/C=C(\C#N)C(=O)Nc2cccc(Cl)c2)cc(Cl)c1OCc1cccc(Cl)c1. The van der Waals surface area contributed by atoms with E-state index in [1.165, 1.54) is 6.08 Å². The quantitative estimate of drug-likeness (QED) is 0.262. The maximum absolute atomic E-state index is 12.6. The summed E-state index contributed by atoms with van der Waals surface area (Å²) in [7, 11) is 0. The number of carbonyl (C=O) groups excluding carboxylic acids is 1. The van der Waals surface area contributed by atoms with Crippen LogP contribution in [0.4, 0.5) is 5.69 Å². The van der Waals surface area contributed by atoms with Gasteiger partial charge in [0.15, 0.2) is 11.5 Å². The molecule has 3 aromatic carbocycles. The first-order chi connectivity index (χ1) is 15.9. The first-order valence-corrected chi connectivity index (χ1v) is 11.0. The number of halogens is 3. The van der Waals surface area contributed by atoms with Gasteiger partial charge in [0.2, 0.25) is 0 Å². The molecule has 0 aromatic heterocycles. The Kier molecular flexibility index (Phi) is 8.62. The lowest BCUT2D eigenvalue weighted by Crippen LogP contribution is -2.13. The standard InChI is InChI=1S/C25H19Cl3N2O3/c1-2-32-23-12-17(9-18(14-29)25(31)30-21-8-4-7-20(27)13-21)11-22(28)24(23)33-15-16-5-3-6-19(26)10-16/h3-13H,2,15H2,1H3,(H,30,31)/b18-9+. The highest BCUT2D eigenvalue weighted by atomic mass is 35.5.